The number of benzene rings is 1. The topological polar surface area (TPSA) is 64.2 Å². The summed E-state index contributed by atoms with van der Waals surface area (Å²) in [5.74, 6) is 1.36. The summed E-state index contributed by atoms with van der Waals surface area (Å²) in [5.41, 5.74) is 1.25. The lowest BCUT2D eigenvalue weighted by Gasteiger charge is -2.20. The van der Waals surface area contributed by atoms with Gasteiger partial charge in [-0.2, -0.15) is 0 Å². The Kier molecular flexibility index (Phi) is 3.65. The molecule has 6 heteroatoms. The lowest BCUT2D eigenvalue weighted by Crippen LogP contribution is -2.33. The first kappa shape index (κ1) is 14.7. The first-order chi connectivity index (χ1) is 11.7. The Morgan fingerprint density at radius 1 is 1.33 bits per heavy atom. The summed E-state index contributed by atoms with van der Waals surface area (Å²) in [7, 11) is 1.93. The van der Waals surface area contributed by atoms with Crippen molar-refractivity contribution in [3.8, 4) is 11.3 Å². The van der Waals surface area contributed by atoms with Crippen molar-refractivity contribution in [2.24, 2.45) is 7.05 Å². The molecule has 1 aliphatic rings. The van der Waals surface area contributed by atoms with Gasteiger partial charge >= 0.3 is 0 Å². The molecule has 1 saturated carbocycles. The third-order valence-electron chi connectivity index (χ3n) is 4.27. The summed E-state index contributed by atoms with van der Waals surface area (Å²) in [6, 6.07) is 11.6. The van der Waals surface area contributed by atoms with E-state index in [2.05, 4.69) is 10.1 Å². The van der Waals surface area contributed by atoms with E-state index in [-0.39, 0.29) is 11.9 Å². The highest BCUT2D eigenvalue weighted by molar-refractivity contribution is 5.93. The minimum absolute atomic E-state index is 0.105. The fourth-order valence-corrected chi connectivity index (χ4v) is 2.72. The van der Waals surface area contributed by atoms with Crippen LogP contribution in [0.1, 0.15) is 29.2 Å². The summed E-state index contributed by atoms with van der Waals surface area (Å²) in [6.45, 7) is 0.487. The van der Waals surface area contributed by atoms with Crippen LogP contribution in [0.3, 0.4) is 0 Å². The van der Waals surface area contributed by atoms with Gasteiger partial charge in [-0.15, -0.1) is 0 Å². The second-order valence-electron chi connectivity index (χ2n) is 6.06. The second kappa shape index (κ2) is 5.96. The molecule has 0 radical (unpaired) electrons. The van der Waals surface area contributed by atoms with Crippen LogP contribution in [0.2, 0.25) is 0 Å². The van der Waals surface area contributed by atoms with E-state index in [1.165, 1.54) is 0 Å². The predicted molar refractivity (Wildman–Crippen MR) is 88.0 cm³/mol. The first-order valence-electron chi connectivity index (χ1n) is 8.01. The molecule has 1 aliphatic carbocycles. The molecule has 0 atom stereocenters. The monoisotopic (exact) mass is 322 g/mol. The van der Waals surface area contributed by atoms with Crippen molar-refractivity contribution in [1.82, 2.24) is 19.6 Å². The maximum Gasteiger partial charge on any atom is 0.276 e. The zero-order chi connectivity index (χ0) is 16.5. The Balaban J connectivity index is 1.57. The van der Waals surface area contributed by atoms with E-state index >= 15 is 0 Å². The van der Waals surface area contributed by atoms with Crippen LogP contribution in [0.15, 0.2) is 53.3 Å². The van der Waals surface area contributed by atoms with E-state index in [1.807, 2.05) is 53.0 Å². The van der Waals surface area contributed by atoms with Crippen LogP contribution in [-0.2, 0) is 13.6 Å². The molecular formula is C18H18N4O2. The van der Waals surface area contributed by atoms with Crippen molar-refractivity contribution in [3.63, 3.8) is 0 Å². The number of amides is 1. The lowest BCUT2D eigenvalue weighted by atomic mass is 10.1. The molecule has 0 saturated heterocycles. The van der Waals surface area contributed by atoms with Gasteiger partial charge in [0.1, 0.15) is 5.82 Å². The van der Waals surface area contributed by atoms with E-state index in [9.17, 15) is 4.79 Å². The molecule has 0 spiro atoms. The summed E-state index contributed by atoms with van der Waals surface area (Å²) in [4.78, 5) is 19.0. The van der Waals surface area contributed by atoms with Crippen molar-refractivity contribution >= 4 is 5.91 Å². The van der Waals surface area contributed by atoms with Crippen molar-refractivity contribution in [2.75, 3.05) is 0 Å². The molecule has 1 fully saturated rings. The molecule has 1 amide bonds. The molecule has 122 valence electrons. The largest absolute Gasteiger partial charge is 0.355 e. The number of aryl methyl sites for hydroxylation is 1. The molecule has 0 N–H and O–H groups in total. The molecular weight excluding hydrogens is 304 g/mol. The van der Waals surface area contributed by atoms with Gasteiger partial charge in [-0.3, -0.25) is 4.79 Å². The number of hydrogen-bond acceptors (Lipinski definition) is 4. The summed E-state index contributed by atoms with van der Waals surface area (Å²) in [6.07, 6.45) is 5.68. The van der Waals surface area contributed by atoms with Crippen LogP contribution >= 0.6 is 0 Å². The Bertz CT molecular complexity index is 849. The molecule has 0 bridgehead atoms. The number of aromatic nitrogens is 3. The molecule has 2 aromatic heterocycles. The van der Waals surface area contributed by atoms with Crippen LogP contribution in [-0.4, -0.2) is 31.6 Å². The molecule has 3 aromatic rings. The lowest BCUT2D eigenvalue weighted by molar-refractivity contribution is 0.0713. The van der Waals surface area contributed by atoms with Crippen LogP contribution < -0.4 is 0 Å². The van der Waals surface area contributed by atoms with Gasteiger partial charge in [0.15, 0.2) is 11.5 Å². The molecule has 0 aliphatic heterocycles. The molecule has 1 aromatic carbocycles. The first-order valence-corrected chi connectivity index (χ1v) is 8.01. The van der Waals surface area contributed by atoms with Crippen molar-refractivity contribution in [3.05, 3.63) is 60.3 Å². The van der Waals surface area contributed by atoms with Crippen LogP contribution in [0.5, 0.6) is 0 Å². The highest BCUT2D eigenvalue weighted by Gasteiger charge is 2.35. The quantitative estimate of drug-likeness (QED) is 0.724. The van der Waals surface area contributed by atoms with Crippen LogP contribution in [0.25, 0.3) is 11.3 Å². The molecule has 0 unspecified atom stereocenters. The van der Waals surface area contributed by atoms with Gasteiger partial charge in [-0.1, -0.05) is 35.5 Å². The third kappa shape index (κ3) is 2.82. The van der Waals surface area contributed by atoms with Crippen molar-refractivity contribution in [1.29, 1.82) is 0 Å². The van der Waals surface area contributed by atoms with Gasteiger partial charge in [0, 0.05) is 37.1 Å². The predicted octanol–water partition coefficient (Wildman–Crippen LogP) is 2.88. The van der Waals surface area contributed by atoms with Crippen LogP contribution in [0, 0.1) is 0 Å². The third-order valence-corrected chi connectivity index (χ3v) is 4.27. The molecule has 4 rings (SSSR count). The number of nitrogens with zero attached hydrogens (tertiary/aromatic N) is 4. The molecule has 6 nitrogen and oxygen atoms in total. The number of rotatable bonds is 5. The Morgan fingerprint density at radius 2 is 2.12 bits per heavy atom. The fourth-order valence-electron chi connectivity index (χ4n) is 2.72. The Morgan fingerprint density at radius 3 is 2.79 bits per heavy atom. The minimum Gasteiger partial charge on any atom is -0.355 e. The summed E-state index contributed by atoms with van der Waals surface area (Å²) in [5, 5.41) is 3.98. The average Bonchev–Trinajstić information content (AvgIpc) is 3.18. The molecule has 2 heterocycles. The number of carbonyl (C=O) groups excluding carboxylic acids is 1. The van der Waals surface area contributed by atoms with E-state index in [0.29, 0.717) is 18.0 Å². The maximum atomic E-state index is 12.9. The van der Waals surface area contributed by atoms with Gasteiger partial charge in [-0.25, -0.2) is 4.98 Å². The number of hydrogen-bond donors (Lipinski definition) is 0. The number of imidazole rings is 1. The van der Waals surface area contributed by atoms with Crippen molar-refractivity contribution in [2.45, 2.75) is 25.4 Å². The van der Waals surface area contributed by atoms with Crippen LogP contribution in [0.4, 0.5) is 0 Å². The fraction of sp³-hybridized carbons (Fsp3) is 0.278. The summed E-state index contributed by atoms with van der Waals surface area (Å²) >= 11 is 0. The van der Waals surface area contributed by atoms with Gasteiger partial charge in [0.25, 0.3) is 5.91 Å². The summed E-state index contributed by atoms with van der Waals surface area (Å²) < 4.78 is 7.29. The minimum atomic E-state index is -0.105. The maximum absolute atomic E-state index is 12.9. The SMILES string of the molecule is Cn1ccnc1CN(C(=O)c1cc(-c2ccccc2)on1)C1CC1. The highest BCUT2D eigenvalue weighted by Crippen LogP contribution is 2.30. The normalized spacial score (nSPS) is 13.9. The smallest absolute Gasteiger partial charge is 0.276 e. The zero-order valence-corrected chi connectivity index (χ0v) is 13.4. The van der Waals surface area contributed by atoms with E-state index in [4.69, 9.17) is 4.52 Å². The van der Waals surface area contributed by atoms with Gasteiger partial charge in [0.05, 0.1) is 6.54 Å². The van der Waals surface area contributed by atoms with Gasteiger partial charge < -0.3 is 14.0 Å². The Hall–Kier alpha value is -2.89. The van der Waals surface area contributed by atoms with Crippen molar-refractivity contribution < 1.29 is 9.32 Å². The Labute approximate surface area is 139 Å². The van der Waals surface area contributed by atoms with Gasteiger partial charge in [0.2, 0.25) is 0 Å². The number of carbonyl (C=O) groups is 1. The zero-order valence-electron chi connectivity index (χ0n) is 13.4. The highest BCUT2D eigenvalue weighted by atomic mass is 16.5. The standard InChI is InChI=1S/C18H18N4O2/c1-21-10-9-19-17(21)12-22(14-7-8-14)18(23)15-11-16(24-20-15)13-5-3-2-4-6-13/h2-6,9-11,14H,7-8,12H2,1H3. The van der Waals surface area contributed by atoms with Gasteiger partial charge in [-0.05, 0) is 12.8 Å². The van der Waals surface area contributed by atoms with E-state index < -0.39 is 0 Å². The van der Waals surface area contributed by atoms with E-state index in [0.717, 1.165) is 24.2 Å². The average molecular weight is 322 g/mol. The van der Waals surface area contributed by atoms with E-state index in [1.54, 1.807) is 12.3 Å². The molecule has 24 heavy (non-hydrogen) atoms. The second-order valence-corrected chi connectivity index (χ2v) is 6.06.